The lowest BCUT2D eigenvalue weighted by molar-refractivity contribution is -0.145. The molecule has 0 aliphatic rings. The molecule has 10 N–H and O–H groups in total. The molecule has 0 rings (SSSR count). The third kappa shape index (κ3) is 9.69. The second-order valence-corrected chi connectivity index (χ2v) is 7.05. The number of aliphatic carboxylic acids is 2. The van der Waals surface area contributed by atoms with Crippen molar-refractivity contribution in [1.82, 2.24) is 16.0 Å². The molecule has 14 heteroatoms. The maximum Gasteiger partial charge on any atom is 0.328 e. The lowest BCUT2D eigenvalue weighted by Gasteiger charge is -2.27. The number of aliphatic hydroxyl groups is 3. The Bertz CT molecular complexity index is 667. The minimum atomic E-state index is -1.73. The first-order valence-electron chi connectivity index (χ1n) is 9.34. The molecule has 0 aromatic rings. The highest BCUT2D eigenvalue weighted by Crippen LogP contribution is 2.04. The molecule has 0 saturated heterocycles. The fraction of sp³-hybridized carbons (Fsp3) is 0.706. The van der Waals surface area contributed by atoms with E-state index in [9.17, 15) is 39.3 Å². The molecule has 14 nitrogen and oxygen atoms in total. The highest BCUT2D eigenvalue weighted by molar-refractivity contribution is 5.94. The first-order chi connectivity index (χ1) is 14.2. The minimum Gasteiger partial charge on any atom is -0.481 e. The zero-order valence-corrected chi connectivity index (χ0v) is 17.3. The number of nitrogens with two attached hydrogens (primary N) is 1. The van der Waals surface area contributed by atoms with Crippen LogP contribution in [0.4, 0.5) is 0 Å². The summed E-state index contributed by atoms with van der Waals surface area (Å²) < 4.78 is 0. The van der Waals surface area contributed by atoms with Crippen molar-refractivity contribution in [3.05, 3.63) is 0 Å². The number of amides is 3. The largest absolute Gasteiger partial charge is 0.481 e. The van der Waals surface area contributed by atoms with Crippen molar-refractivity contribution in [3.8, 4) is 0 Å². The Balaban J connectivity index is 5.51. The molecule has 0 spiro atoms. The number of rotatable bonds is 13. The summed E-state index contributed by atoms with van der Waals surface area (Å²) in [5.41, 5.74) is 5.47. The number of nitrogens with one attached hydrogen (secondary N) is 3. The van der Waals surface area contributed by atoms with Crippen LogP contribution in [0.5, 0.6) is 0 Å². The fourth-order valence-corrected chi connectivity index (χ4v) is 2.31. The molecule has 0 bridgehead atoms. The molecule has 0 saturated carbocycles. The van der Waals surface area contributed by atoms with Crippen LogP contribution in [0.25, 0.3) is 0 Å². The first-order valence-corrected chi connectivity index (χ1v) is 9.34. The Hall–Kier alpha value is -2.81. The molecule has 0 aliphatic carbocycles. The minimum absolute atomic E-state index is 0.452. The van der Waals surface area contributed by atoms with E-state index in [2.05, 4.69) is 10.6 Å². The third-order valence-corrected chi connectivity index (χ3v) is 4.21. The zero-order valence-electron chi connectivity index (χ0n) is 17.3. The smallest absolute Gasteiger partial charge is 0.328 e. The summed E-state index contributed by atoms with van der Waals surface area (Å²) in [6.07, 6.45) is -5.27. The maximum absolute atomic E-state index is 12.5. The average Bonchev–Trinajstić information content (AvgIpc) is 2.64. The van der Waals surface area contributed by atoms with E-state index in [-0.39, 0.29) is 0 Å². The van der Waals surface area contributed by atoms with E-state index in [0.717, 1.165) is 13.8 Å². The maximum atomic E-state index is 12.5. The van der Waals surface area contributed by atoms with Gasteiger partial charge in [0.05, 0.1) is 18.3 Å². The molecular weight excluding hydrogens is 420 g/mol. The second kappa shape index (κ2) is 12.8. The molecule has 0 radical (unpaired) electrons. The molecule has 0 aliphatic heterocycles. The molecule has 178 valence electrons. The number of carboxylic acid groups (broad SMARTS) is 2. The summed E-state index contributed by atoms with van der Waals surface area (Å²) in [7, 11) is 0. The van der Waals surface area contributed by atoms with Crippen LogP contribution in [0.1, 0.15) is 33.6 Å². The molecule has 3 amide bonds. The molecule has 0 fully saturated rings. The van der Waals surface area contributed by atoms with Crippen LogP contribution >= 0.6 is 0 Å². The van der Waals surface area contributed by atoms with Crippen LogP contribution in [0, 0.1) is 0 Å². The normalized spacial score (nSPS) is 17.8. The molecular formula is C17H30N4O10. The highest BCUT2D eigenvalue weighted by Gasteiger charge is 2.34. The van der Waals surface area contributed by atoms with Crippen LogP contribution in [-0.2, 0) is 24.0 Å². The summed E-state index contributed by atoms with van der Waals surface area (Å²) in [5.74, 6) is -6.02. The Morgan fingerprint density at radius 2 is 1.23 bits per heavy atom. The van der Waals surface area contributed by atoms with Gasteiger partial charge in [0.25, 0.3) is 0 Å². The zero-order chi connectivity index (χ0) is 24.5. The lowest BCUT2D eigenvalue weighted by Crippen LogP contribution is -2.61. The average molecular weight is 450 g/mol. The Morgan fingerprint density at radius 1 is 0.742 bits per heavy atom. The van der Waals surface area contributed by atoms with E-state index in [1.807, 2.05) is 5.32 Å². The van der Waals surface area contributed by atoms with Crippen molar-refractivity contribution < 1.29 is 49.5 Å². The number of hydrogen-bond acceptors (Lipinski definition) is 9. The Morgan fingerprint density at radius 3 is 1.61 bits per heavy atom. The Kier molecular flexibility index (Phi) is 11.6. The van der Waals surface area contributed by atoms with Crippen molar-refractivity contribution in [3.63, 3.8) is 0 Å². The predicted octanol–water partition coefficient (Wildman–Crippen LogP) is -4.14. The summed E-state index contributed by atoms with van der Waals surface area (Å²) in [6, 6.07) is -6.33. The van der Waals surface area contributed by atoms with Crippen LogP contribution in [0.3, 0.4) is 0 Å². The van der Waals surface area contributed by atoms with Gasteiger partial charge in [-0.15, -0.1) is 0 Å². The van der Waals surface area contributed by atoms with Crippen LogP contribution in [0.2, 0.25) is 0 Å². The monoisotopic (exact) mass is 450 g/mol. The van der Waals surface area contributed by atoms with Crippen molar-refractivity contribution in [1.29, 1.82) is 0 Å². The van der Waals surface area contributed by atoms with Gasteiger partial charge in [-0.3, -0.25) is 19.2 Å². The topological polar surface area (TPSA) is 249 Å². The number of hydrogen-bond donors (Lipinski definition) is 9. The third-order valence-electron chi connectivity index (χ3n) is 4.21. The summed E-state index contributed by atoms with van der Waals surface area (Å²) in [5, 5.41) is 52.8. The second-order valence-electron chi connectivity index (χ2n) is 7.05. The lowest BCUT2D eigenvalue weighted by atomic mass is 10.1. The van der Waals surface area contributed by atoms with Crippen LogP contribution < -0.4 is 21.7 Å². The van der Waals surface area contributed by atoms with E-state index in [1.54, 1.807) is 0 Å². The van der Waals surface area contributed by atoms with Gasteiger partial charge in [0.1, 0.15) is 18.1 Å². The molecule has 31 heavy (non-hydrogen) atoms. The van der Waals surface area contributed by atoms with E-state index >= 15 is 0 Å². The number of carbonyl (C=O) groups excluding carboxylic acids is 3. The van der Waals surface area contributed by atoms with Gasteiger partial charge >= 0.3 is 11.9 Å². The summed E-state index contributed by atoms with van der Waals surface area (Å²) >= 11 is 0. The van der Waals surface area contributed by atoms with Gasteiger partial charge < -0.3 is 47.2 Å². The molecule has 0 heterocycles. The van der Waals surface area contributed by atoms with Crippen LogP contribution in [-0.4, -0.2) is 97.7 Å². The number of aliphatic hydroxyl groups excluding tert-OH is 3. The van der Waals surface area contributed by atoms with Crippen molar-refractivity contribution in [2.24, 2.45) is 5.73 Å². The molecule has 7 unspecified atom stereocenters. The standard InChI is InChI=1S/C17H30N4O10/c1-6(22)11(18)15(28)20-12(7(2)23)16(29)19-9(4-5-10(25)26)14(27)21-13(8(3)24)17(30)31/h6-9,11-13,22-24H,4-5,18H2,1-3H3,(H,19,29)(H,20,28)(H,21,27)(H,25,26)(H,30,31). The van der Waals surface area contributed by atoms with Gasteiger partial charge in [-0.05, 0) is 27.2 Å². The first kappa shape index (κ1) is 28.2. The summed E-state index contributed by atoms with van der Waals surface area (Å²) in [6.45, 7) is 3.49. The molecule has 7 atom stereocenters. The number of carbonyl (C=O) groups is 5. The van der Waals surface area contributed by atoms with Crippen LogP contribution in [0.15, 0.2) is 0 Å². The summed E-state index contributed by atoms with van der Waals surface area (Å²) in [4.78, 5) is 59.0. The van der Waals surface area contributed by atoms with E-state index < -0.39 is 85.0 Å². The SMILES string of the molecule is CC(O)C(N)C(=O)NC(C(=O)NC(CCC(=O)O)C(=O)NC(C(=O)O)C(C)O)C(C)O. The van der Waals surface area contributed by atoms with Gasteiger partial charge in [-0.1, -0.05) is 0 Å². The number of carboxylic acids is 2. The van der Waals surface area contributed by atoms with Gasteiger partial charge in [-0.2, -0.15) is 0 Å². The highest BCUT2D eigenvalue weighted by atomic mass is 16.4. The van der Waals surface area contributed by atoms with E-state index in [4.69, 9.17) is 15.9 Å². The fourth-order valence-electron chi connectivity index (χ4n) is 2.31. The van der Waals surface area contributed by atoms with E-state index in [1.165, 1.54) is 6.92 Å². The van der Waals surface area contributed by atoms with Gasteiger partial charge in [0.2, 0.25) is 17.7 Å². The van der Waals surface area contributed by atoms with Gasteiger partial charge in [0, 0.05) is 6.42 Å². The molecule has 0 aromatic carbocycles. The van der Waals surface area contributed by atoms with Crippen molar-refractivity contribution >= 4 is 29.7 Å². The van der Waals surface area contributed by atoms with E-state index in [0.29, 0.717) is 0 Å². The van der Waals surface area contributed by atoms with Crippen molar-refractivity contribution in [2.75, 3.05) is 0 Å². The van der Waals surface area contributed by atoms with Gasteiger partial charge in [0.15, 0.2) is 6.04 Å². The quantitative estimate of drug-likeness (QED) is 0.130. The predicted molar refractivity (Wildman–Crippen MR) is 103 cm³/mol. The van der Waals surface area contributed by atoms with Crippen molar-refractivity contribution in [2.45, 2.75) is 76.1 Å². The Labute approximate surface area is 177 Å². The molecule has 0 aromatic heterocycles. The van der Waals surface area contributed by atoms with Gasteiger partial charge in [-0.25, -0.2) is 4.79 Å².